The molecule has 0 spiro atoms. The summed E-state index contributed by atoms with van der Waals surface area (Å²) in [4.78, 5) is 12.7. The minimum atomic E-state index is -0.393. The van der Waals surface area contributed by atoms with E-state index in [1.807, 2.05) is 0 Å². The molecule has 0 fully saturated rings. The van der Waals surface area contributed by atoms with Gasteiger partial charge in [-0.1, -0.05) is 11.3 Å². The van der Waals surface area contributed by atoms with Crippen LogP contribution in [0.2, 0.25) is 4.47 Å². The number of nitrogens with zero attached hydrogens (tertiary/aromatic N) is 4. The van der Waals surface area contributed by atoms with E-state index in [0.717, 1.165) is 15.9 Å². The van der Waals surface area contributed by atoms with Crippen LogP contribution >= 0.6 is 22.9 Å². The summed E-state index contributed by atoms with van der Waals surface area (Å²) >= 11 is 6.87. The van der Waals surface area contributed by atoms with Crippen molar-refractivity contribution in [3.63, 3.8) is 0 Å². The molecule has 0 aliphatic carbocycles. The largest absolute Gasteiger partial charge is 0.493 e. The maximum Gasteiger partial charge on any atom is 0.302 e. The van der Waals surface area contributed by atoms with Crippen molar-refractivity contribution in [2.75, 3.05) is 14.2 Å². The van der Waals surface area contributed by atoms with Gasteiger partial charge in [0.15, 0.2) is 17.2 Å². The number of ether oxygens (including phenoxy) is 2. The molecule has 2 heterocycles. The Morgan fingerprint density at radius 2 is 1.95 bits per heavy atom. The lowest BCUT2D eigenvalue weighted by atomic mass is 10.1. The summed E-state index contributed by atoms with van der Waals surface area (Å²) in [5.41, 5.74) is 0.328. The Kier molecular flexibility index (Phi) is 3.48. The zero-order valence-electron chi connectivity index (χ0n) is 11.0. The fraction of sp³-hybridized carbons (Fsp3) is 0.167. The number of benzene rings is 1. The molecule has 0 saturated carbocycles. The minimum absolute atomic E-state index is 0.162. The van der Waals surface area contributed by atoms with Crippen LogP contribution in [0, 0.1) is 0 Å². The van der Waals surface area contributed by atoms with E-state index in [0.29, 0.717) is 22.0 Å². The number of hydrogen-bond donors (Lipinski definition) is 0. The SMILES string of the molecule is COc1ccc(-c2nnc3sc(Cl)nn3c2=O)cc1OC. The fourth-order valence-electron chi connectivity index (χ4n) is 1.86. The lowest BCUT2D eigenvalue weighted by Crippen LogP contribution is -2.19. The maximum atomic E-state index is 12.4. The van der Waals surface area contributed by atoms with E-state index in [2.05, 4.69) is 15.3 Å². The second kappa shape index (κ2) is 5.30. The van der Waals surface area contributed by atoms with Crippen LogP contribution in [-0.4, -0.2) is 34.0 Å². The van der Waals surface area contributed by atoms with Crippen LogP contribution in [-0.2, 0) is 0 Å². The first-order valence-corrected chi connectivity index (χ1v) is 6.98. The van der Waals surface area contributed by atoms with E-state index >= 15 is 0 Å². The Hall–Kier alpha value is -2.19. The Balaban J connectivity index is 2.20. The first kappa shape index (κ1) is 13.8. The molecule has 0 N–H and O–H groups in total. The van der Waals surface area contributed by atoms with E-state index in [1.54, 1.807) is 18.2 Å². The monoisotopic (exact) mass is 324 g/mol. The summed E-state index contributed by atoms with van der Waals surface area (Å²) in [6.07, 6.45) is 0. The molecule has 21 heavy (non-hydrogen) atoms. The molecule has 3 rings (SSSR count). The van der Waals surface area contributed by atoms with Crippen molar-refractivity contribution in [1.29, 1.82) is 0 Å². The third-order valence-electron chi connectivity index (χ3n) is 2.82. The van der Waals surface area contributed by atoms with Crippen molar-refractivity contribution in [3.05, 3.63) is 33.0 Å². The van der Waals surface area contributed by atoms with Gasteiger partial charge in [0.05, 0.1) is 14.2 Å². The molecule has 0 radical (unpaired) electrons. The highest BCUT2D eigenvalue weighted by Crippen LogP contribution is 2.30. The van der Waals surface area contributed by atoms with Gasteiger partial charge in [0.25, 0.3) is 0 Å². The molecular weight excluding hydrogens is 316 g/mol. The fourth-order valence-corrected chi connectivity index (χ4v) is 2.70. The average molecular weight is 325 g/mol. The normalized spacial score (nSPS) is 10.8. The van der Waals surface area contributed by atoms with Gasteiger partial charge in [-0.15, -0.1) is 15.3 Å². The second-order valence-electron chi connectivity index (χ2n) is 3.97. The molecule has 0 amide bonds. The van der Waals surface area contributed by atoms with Gasteiger partial charge in [0, 0.05) is 5.56 Å². The minimum Gasteiger partial charge on any atom is -0.493 e. The summed E-state index contributed by atoms with van der Waals surface area (Å²) in [6.45, 7) is 0. The van der Waals surface area contributed by atoms with Crippen LogP contribution in [0.3, 0.4) is 0 Å². The van der Waals surface area contributed by atoms with E-state index in [1.165, 1.54) is 14.2 Å². The molecule has 0 aliphatic rings. The molecule has 0 atom stereocenters. The summed E-state index contributed by atoms with van der Waals surface area (Å²) in [7, 11) is 3.05. The highest BCUT2D eigenvalue weighted by Gasteiger charge is 2.14. The van der Waals surface area contributed by atoms with Crippen LogP contribution < -0.4 is 15.0 Å². The summed E-state index contributed by atoms with van der Waals surface area (Å²) in [5.74, 6) is 1.06. The molecule has 2 aromatic heterocycles. The van der Waals surface area contributed by atoms with Crippen molar-refractivity contribution in [3.8, 4) is 22.8 Å². The topological polar surface area (TPSA) is 78.6 Å². The second-order valence-corrected chi connectivity index (χ2v) is 5.51. The van der Waals surface area contributed by atoms with Gasteiger partial charge < -0.3 is 9.47 Å². The van der Waals surface area contributed by atoms with Crippen LogP contribution in [0.1, 0.15) is 0 Å². The van der Waals surface area contributed by atoms with Crippen LogP contribution in [0.5, 0.6) is 11.5 Å². The molecule has 7 nitrogen and oxygen atoms in total. The third kappa shape index (κ3) is 2.32. The molecule has 108 valence electrons. The number of rotatable bonds is 3. The van der Waals surface area contributed by atoms with Crippen molar-refractivity contribution in [2.24, 2.45) is 0 Å². The van der Waals surface area contributed by atoms with Crippen molar-refractivity contribution < 1.29 is 9.47 Å². The van der Waals surface area contributed by atoms with Gasteiger partial charge in [-0.3, -0.25) is 4.79 Å². The lowest BCUT2D eigenvalue weighted by Gasteiger charge is -2.08. The smallest absolute Gasteiger partial charge is 0.302 e. The molecule has 3 aromatic rings. The first-order chi connectivity index (χ1) is 10.1. The number of fused-ring (bicyclic) bond motifs is 1. The van der Waals surface area contributed by atoms with Crippen molar-refractivity contribution >= 4 is 27.9 Å². The van der Waals surface area contributed by atoms with Crippen molar-refractivity contribution in [1.82, 2.24) is 19.8 Å². The highest BCUT2D eigenvalue weighted by atomic mass is 35.5. The van der Waals surface area contributed by atoms with Crippen LogP contribution in [0.4, 0.5) is 0 Å². The Morgan fingerprint density at radius 3 is 2.67 bits per heavy atom. The number of aromatic nitrogens is 4. The number of halogens is 1. The molecule has 0 saturated heterocycles. The predicted octanol–water partition coefficient (Wildman–Crippen LogP) is 1.88. The molecule has 1 aromatic carbocycles. The van der Waals surface area contributed by atoms with Gasteiger partial charge in [-0.25, -0.2) is 0 Å². The quantitative estimate of drug-likeness (QED) is 0.732. The van der Waals surface area contributed by atoms with Crippen molar-refractivity contribution in [2.45, 2.75) is 0 Å². The lowest BCUT2D eigenvalue weighted by molar-refractivity contribution is 0.355. The standard InChI is InChI=1S/C12H9ClN4O3S/c1-19-7-4-3-6(5-8(7)20-2)9-10(18)17-12(15-14-9)21-11(13)16-17/h3-5H,1-2H3. The van der Waals surface area contributed by atoms with Crippen LogP contribution in [0.25, 0.3) is 16.2 Å². The molecular formula is C12H9ClN4O3S. The Bertz CT molecular complexity index is 877. The van der Waals surface area contributed by atoms with Gasteiger partial charge >= 0.3 is 5.56 Å². The first-order valence-electron chi connectivity index (χ1n) is 5.78. The van der Waals surface area contributed by atoms with E-state index in [4.69, 9.17) is 21.1 Å². The molecule has 0 aliphatic heterocycles. The molecule has 0 bridgehead atoms. The Morgan fingerprint density at radius 1 is 1.19 bits per heavy atom. The molecule has 9 heteroatoms. The van der Waals surface area contributed by atoms with E-state index < -0.39 is 5.56 Å². The van der Waals surface area contributed by atoms with Gasteiger partial charge in [-0.05, 0) is 29.8 Å². The van der Waals surface area contributed by atoms with Gasteiger partial charge in [-0.2, -0.15) is 4.52 Å². The van der Waals surface area contributed by atoms with E-state index in [9.17, 15) is 4.79 Å². The zero-order chi connectivity index (χ0) is 15.0. The van der Waals surface area contributed by atoms with Gasteiger partial charge in [0.2, 0.25) is 9.43 Å². The maximum absolute atomic E-state index is 12.4. The number of methoxy groups -OCH3 is 2. The average Bonchev–Trinajstić information content (AvgIpc) is 2.88. The zero-order valence-corrected chi connectivity index (χ0v) is 12.6. The number of hydrogen-bond acceptors (Lipinski definition) is 7. The summed E-state index contributed by atoms with van der Waals surface area (Å²) < 4.78 is 11.7. The highest BCUT2D eigenvalue weighted by molar-refractivity contribution is 7.20. The molecule has 0 unspecified atom stereocenters. The van der Waals surface area contributed by atoms with E-state index in [-0.39, 0.29) is 10.2 Å². The third-order valence-corrected chi connectivity index (χ3v) is 3.82. The predicted molar refractivity (Wildman–Crippen MR) is 78.5 cm³/mol. The summed E-state index contributed by atoms with van der Waals surface area (Å²) in [6, 6.07) is 5.05. The van der Waals surface area contributed by atoms with Gasteiger partial charge in [0.1, 0.15) is 0 Å². The summed E-state index contributed by atoms with van der Waals surface area (Å²) in [5, 5.41) is 11.8. The Labute approximate surface area is 127 Å². The van der Waals surface area contributed by atoms with Crippen LogP contribution in [0.15, 0.2) is 23.0 Å².